The Morgan fingerprint density at radius 2 is 2.10 bits per heavy atom. The SMILES string of the molecule is CCc1cc(Br)ccc1Nc1nc2cc(Cl)ccc2s1. The fraction of sp³-hybridized carbons (Fsp3) is 0.133. The molecule has 102 valence electrons. The predicted octanol–water partition coefficient (Wildman–Crippen LogP) is 6.02. The zero-order valence-electron chi connectivity index (χ0n) is 10.8. The summed E-state index contributed by atoms with van der Waals surface area (Å²) in [4.78, 5) is 4.58. The lowest BCUT2D eigenvalue weighted by Crippen LogP contribution is -1.94. The van der Waals surface area contributed by atoms with Crippen molar-refractivity contribution in [1.82, 2.24) is 4.98 Å². The molecule has 5 heteroatoms. The molecule has 0 atom stereocenters. The molecule has 1 N–H and O–H groups in total. The number of hydrogen-bond acceptors (Lipinski definition) is 3. The van der Waals surface area contributed by atoms with E-state index >= 15 is 0 Å². The highest BCUT2D eigenvalue weighted by Crippen LogP contribution is 2.31. The summed E-state index contributed by atoms with van der Waals surface area (Å²) in [5.74, 6) is 0. The molecule has 3 aromatic rings. The van der Waals surface area contributed by atoms with Gasteiger partial charge in [-0.05, 0) is 48.4 Å². The highest BCUT2D eigenvalue weighted by Gasteiger charge is 2.07. The van der Waals surface area contributed by atoms with Gasteiger partial charge in [0.05, 0.1) is 10.2 Å². The average molecular weight is 368 g/mol. The van der Waals surface area contributed by atoms with Gasteiger partial charge in [-0.15, -0.1) is 0 Å². The minimum absolute atomic E-state index is 0.715. The number of fused-ring (bicyclic) bond motifs is 1. The van der Waals surface area contributed by atoms with Gasteiger partial charge in [-0.2, -0.15) is 0 Å². The molecule has 0 unspecified atom stereocenters. The normalized spacial score (nSPS) is 10.9. The molecule has 0 saturated heterocycles. The summed E-state index contributed by atoms with van der Waals surface area (Å²) in [6, 6.07) is 12.0. The first kappa shape index (κ1) is 13.9. The fourth-order valence-electron chi connectivity index (χ4n) is 2.05. The van der Waals surface area contributed by atoms with E-state index in [1.54, 1.807) is 11.3 Å². The van der Waals surface area contributed by atoms with Crippen LogP contribution < -0.4 is 5.32 Å². The van der Waals surface area contributed by atoms with Crippen molar-refractivity contribution in [2.24, 2.45) is 0 Å². The monoisotopic (exact) mass is 366 g/mol. The summed E-state index contributed by atoms with van der Waals surface area (Å²) >= 11 is 11.1. The zero-order chi connectivity index (χ0) is 14.1. The molecule has 0 amide bonds. The van der Waals surface area contributed by atoms with E-state index in [9.17, 15) is 0 Å². The second-order valence-electron chi connectivity index (χ2n) is 4.41. The fourth-order valence-corrected chi connectivity index (χ4v) is 3.48. The van der Waals surface area contributed by atoms with Crippen LogP contribution in [0.1, 0.15) is 12.5 Å². The molecule has 3 rings (SSSR count). The smallest absolute Gasteiger partial charge is 0.188 e. The molecular weight excluding hydrogens is 356 g/mol. The summed E-state index contributed by atoms with van der Waals surface area (Å²) < 4.78 is 2.23. The summed E-state index contributed by atoms with van der Waals surface area (Å²) in [6.07, 6.45) is 0.971. The van der Waals surface area contributed by atoms with Crippen LogP contribution in [0.25, 0.3) is 10.2 Å². The van der Waals surface area contributed by atoms with Crippen molar-refractivity contribution in [3.05, 3.63) is 51.5 Å². The molecule has 0 radical (unpaired) electrons. The van der Waals surface area contributed by atoms with Crippen molar-refractivity contribution in [3.63, 3.8) is 0 Å². The summed E-state index contributed by atoms with van der Waals surface area (Å²) in [7, 11) is 0. The van der Waals surface area contributed by atoms with E-state index < -0.39 is 0 Å². The lowest BCUT2D eigenvalue weighted by Gasteiger charge is -2.08. The number of halogens is 2. The van der Waals surface area contributed by atoms with Crippen LogP contribution >= 0.6 is 38.9 Å². The summed E-state index contributed by atoms with van der Waals surface area (Å²) in [6.45, 7) is 2.14. The molecule has 0 aliphatic heterocycles. The topological polar surface area (TPSA) is 24.9 Å². The number of anilines is 2. The molecule has 0 bridgehead atoms. The van der Waals surface area contributed by atoms with Gasteiger partial charge in [-0.25, -0.2) is 4.98 Å². The van der Waals surface area contributed by atoms with Crippen LogP contribution in [0, 0.1) is 0 Å². The Bertz CT molecular complexity index is 770. The van der Waals surface area contributed by atoms with E-state index in [-0.39, 0.29) is 0 Å². The van der Waals surface area contributed by atoms with Crippen LogP contribution in [0.15, 0.2) is 40.9 Å². The van der Waals surface area contributed by atoms with E-state index in [1.165, 1.54) is 5.56 Å². The van der Waals surface area contributed by atoms with Gasteiger partial charge < -0.3 is 5.32 Å². The summed E-state index contributed by atoms with van der Waals surface area (Å²) in [5, 5.41) is 5.01. The number of rotatable bonds is 3. The first-order chi connectivity index (χ1) is 9.65. The standard InChI is InChI=1S/C15H12BrClN2S/c1-2-9-7-10(16)3-5-12(9)18-15-19-13-8-11(17)4-6-14(13)20-15/h3-8H,2H2,1H3,(H,18,19). The molecule has 20 heavy (non-hydrogen) atoms. The lowest BCUT2D eigenvalue weighted by atomic mass is 10.1. The molecule has 2 nitrogen and oxygen atoms in total. The van der Waals surface area contributed by atoms with Gasteiger partial charge in [0.1, 0.15) is 0 Å². The quantitative estimate of drug-likeness (QED) is 0.612. The maximum absolute atomic E-state index is 5.99. The Labute approximate surface area is 134 Å². The molecular formula is C15H12BrClN2S. The number of nitrogens with zero attached hydrogens (tertiary/aromatic N) is 1. The van der Waals surface area contributed by atoms with E-state index in [2.05, 4.69) is 45.3 Å². The molecule has 0 saturated carbocycles. The third-order valence-electron chi connectivity index (χ3n) is 3.04. The highest BCUT2D eigenvalue weighted by molar-refractivity contribution is 9.10. The Morgan fingerprint density at radius 3 is 2.90 bits per heavy atom. The van der Waals surface area contributed by atoms with Crippen molar-refractivity contribution in [3.8, 4) is 0 Å². The van der Waals surface area contributed by atoms with Crippen molar-refractivity contribution < 1.29 is 0 Å². The number of aromatic nitrogens is 1. The molecule has 1 aromatic heterocycles. The minimum Gasteiger partial charge on any atom is -0.331 e. The van der Waals surface area contributed by atoms with Gasteiger partial charge in [0.15, 0.2) is 5.13 Å². The number of benzene rings is 2. The van der Waals surface area contributed by atoms with E-state index in [4.69, 9.17) is 11.6 Å². The Hall–Kier alpha value is -1.10. The van der Waals surface area contributed by atoms with Crippen LogP contribution in [0.5, 0.6) is 0 Å². The van der Waals surface area contributed by atoms with E-state index in [1.807, 2.05) is 24.3 Å². The molecule has 0 fully saturated rings. The number of aryl methyl sites for hydroxylation is 1. The predicted molar refractivity (Wildman–Crippen MR) is 91.4 cm³/mol. The first-order valence-electron chi connectivity index (χ1n) is 6.27. The van der Waals surface area contributed by atoms with Crippen LogP contribution in [-0.4, -0.2) is 4.98 Å². The van der Waals surface area contributed by atoms with E-state index in [0.29, 0.717) is 5.02 Å². The highest BCUT2D eigenvalue weighted by atomic mass is 79.9. The second-order valence-corrected chi connectivity index (χ2v) is 6.79. The van der Waals surface area contributed by atoms with Crippen molar-refractivity contribution in [2.45, 2.75) is 13.3 Å². The van der Waals surface area contributed by atoms with Gasteiger partial charge in [-0.1, -0.05) is 45.8 Å². The number of nitrogens with one attached hydrogen (secondary N) is 1. The van der Waals surface area contributed by atoms with Gasteiger partial charge in [-0.3, -0.25) is 0 Å². The Balaban J connectivity index is 1.96. The van der Waals surface area contributed by atoms with Crippen molar-refractivity contribution in [2.75, 3.05) is 5.32 Å². The van der Waals surface area contributed by atoms with Gasteiger partial charge in [0.25, 0.3) is 0 Å². The molecule has 0 spiro atoms. The van der Waals surface area contributed by atoms with Crippen molar-refractivity contribution in [1.29, 1.82) is 0 Å². The minimum atomic E-state index is 0.715. The van der Waals surface area contributed by atoms with Crippen LogP contribution in [0.4, 0.5) is 10.8 Å². The maximum atomic E-state index is 5.99. The molecule has 1 heterocycles. The van der Waals surface area contributed by atoms with Crippen molar-refractivity contribution >= 4 is 59.9 Å². The first-order valence-corrected chi connectivity index (χ1v) is 8.26. The van der Waals surface area contributed by atoms with Gasteiger partial charge >= 0.3 is 0 Å². The van der Waals surface area contributed by atoms with Gasteiger partial charge in [0, 0.05) is 15.2 Å². The zero-order valence-corrected chi connectivity index (χ0v) is 13.9. The molecule has 0 aliphatic carbocycles. The summed E-state index contributed by atoms with van der Waals surface area (Å²) in [5.41, 5.74) is 3.29. The van der Waals surface area contributed by atoms with Crippen LogP contribution in [0.3, 0.4) is 0 Å². The Morgan fingerprint density at radius 1 is 1.25 bits per heavy atom. The van der Waals surface area contributed by atoms with Crippen LogP contribution in [0.2, 0.25) is 5.02 Å². The molecule has 2 aromatic carbocycles. The van der Waals surface area contributed by atoms with Crippen LogP contribution in [-0.2, 0) is 6.42 Å². The maximum Gasteiger partial charge on any atom is 0.188 e. The third kappa shape index (κ3) is 2.82. The van der Waals surface area contributed by atoms with Gasteiger partial charge in [0.2, 0.25) is 0 Å². The number of thiazole rings is 1. The second kappa shape index (κ2) is 5.72. The average Bonchev–Trinajstić information content (AvgIpc) is 2.82. The molecule has 0 aliphatic rings. The Kier molecular flexibility index (Phi) is 3.96. The van der Waals surface area contributed by atoms with E-state index in [0.717, 1.165) is 31.9 Å². The number of hydrogen-bond donors (Lipinski definition) is 1. The largest absolute Gasteiger partial charge is 0.331 e. The lowest BCUT2D eigenvalue weighted by molar-refractivity contribution is 1.14. The third-order valence-corrected chi connectivity index (χ3v) is 4.72.